The van der Waals surface area contributed by atoms with Gasteiger partial charge in [-0.25, -0.2) is 9.37 Å². The van der Waals surface area contributed by atoms with Crippen LogP contribution < -0.4 is 4.74 Å². The molecule has 3 heterocycles. The zero-order valence-electron chi connectivity index (χ0n) is 20.5. The van der Waals surface area contributed by atoms with E-state index in [0.717, 1.165) is 16.6 Å². The third-order valence-corrected chi connectivity index (χ3v) is 6.63. The zero-order valence-corrected chi connectivity index (χ0v) is 20.5. The molecule has 2 aromatic heterocycles. The monoisotopic (exact) mass is 512 g/mol. The third-order valence-electron chi connectivity index (χ3n) is 6.63. The predicted molar refractivity (Wildman–Crippen MR) is 138 cm³/mol. The average molecular weight is 513 g/mol. The Hall–Kier alpha value is -4.64. The van der Waals surface area contributed by atoms with E-state index in [1.54, 1.807) is 12.1 Å². The van der Waals surface area contributed by atoms with Gasteiger partial charge in [0.15, 0.2) is 6.61 Å². The second-order valence-corrected chi connectivity index (χ2v) is 9.12. The molecular formula is C27H25FN8O2. The first kappa shape index (κ1) is 23.7. The normalized spacial score (nSPS) is 14.2. The van der Waals surface area contributed by atoms with Crippen molar-refractivity contribution in [2.45, 2.75) is 13.2 Å². The number of nitrogens with one attached hydrogen (secondary N) is 2. The quantitative estimate of drug-likeness (QED) is 0.343. The molecule has 0 unspecified atom stereocenters. The molecule has 1 saturated heterocycles. The van der Waals surface area contributed by atoms with Crippen LogP contribution in [0.25, 0.3) is 22.4 Å². The number of H-pyrrole nitrogens is 2. The summed E-state index contributed by atoms with van der Waals surface area (Å²) in [5.74, 6) is 1.65. The number of hydrogen-bond acceptors (Lipinski definition) is 7. The summed E-state index contributed by atoms with van der Waals surface area (Å²) in [4.78, 5) is 25.2. The highest BCUT2D eigenvalue weighted by molar-refractivity contribution is 5.97. The Balaban J connectivity index is 1.09. The first-order chi connectivity index (χ1) is 18.6. The summed E-state index contributed by atoms with van der Waals surface area (Å²) in [6.07, 6.45) is 0. The lowest BCUT2D eigenvalue weighted by molar-refractivity contribution is 0.0627. The van der Waals surface area contributed by atoms with Crippen molar-refractivity contribution >= 4 is 16.9 Å². The number of benzene rings is 3. The molecule has 0 aliphatic carbocycles. The highest BCUT2D eigenvalue weighted by atomic mass is 19.1. The molecule has 11 heteroatoms. The van der Waals surface area contributed by atoms with Crippen LogP contribution in [0.2, 0.25) is 0 Å². The van der Waals surface area contributed by atoms with E-state index >= 15 is 0 Å². The molecule has 0 radical (unpaired) electrons. The maximum atomic E-state index is 14.0. The fourth-order valence-corrected chi connectivity index (χ4v) is 4.54. The van der Waals surface area contributed by atoms with Crippen LogP contribution in [0.1, 0.15) is 21.7 Å². The van der Waals surface area contributed by atoms with Crippen LogP contribution >= 0.6 is 0 Å². The van der Waals surface area contributed by atoms with Gasteiger partial charge in [-0.1, -0.05) is 23.4 Å². The van der Waals surface area contributed by atoms with Crippen molar-refractivity contribution in [3.05, 3.63) is 89.5 Å². The van der Waals surface area contributed by atoms with Crippen LogP contribution in [0.15, 0.2) is 66.7 Å². The van der Waals surface area contributed by atoms with Gasteiger partial charge in [0.25, 0.3) is 5.91 Å². The number of piperazine rings is 1. The maximum Gasteiger partial charge on any atom is 0.254 e. The van der Waals surface area contributed by atoms with Crippen LogP contribution in [0.4, 0.5) is 4.39 Å². The number of carbonyl (C=O) groups is 1. The van der Waals surface area contributed by atoms with Gasteiger partial charge in [-0.05, 0) is 48.5 Å². The number of carbonyl (C=O) groups excluding carboxylic acids is 1. The second-order valence-electron chi connectivity index (χ2n) is 9.12. The number of amides is 1. The van der Waals surface area contributed by atoms with Crippen molar-refractivity contribution < 1.29 is 13.9 Å². The van der Waals surface area contributed by atoms with Crippen molar-refractivity contribution in [1.29, 1.82) is 0 Å². The van der Waals surface area contributed by atoms with Gasteiger partial charge in [-0.2, -0.15) is 5.21 Å². The van der Waals surface area contributed by atoms with Crippen molar-refractivity contribution in [1.82, 2.24) is 40.4 Å². The molecule has 0 saturated carbocycles. The highest BCUT2D eigenvalue weighted by Gasteiger charge is 2.23. The Kier molecular flexibility index (Phi) is 6.49. The molecule has 0 bridgehead atoms. The number of fused-ring (bicyclic) bond motifs is 1. The molecule has 192 valence electrons. The smallest absolute Gasteiger partial charge is 0.254 e. The van der Waals surface area contributed by atoms with E-state index in [0.29, 0.717) is 61.2 Å². The summed E-state index contributed by atoms with van der Waals surface area (Å²) in [5, 5.41) is 13.6. The largest absolute Gasteiger partial charge is 0.485 e. The van der Waals surface area contributed by atoms with Gasteiger partial charge >= 0.3 is 0 Å². The molecule has 1 aliphatic rings. The van der Waals surface area contributed by atoms with Crippen molar-refractivity contribution in [2.24, 2.45) is 0 Å². The van der Waals surface area contributed by atoms with E-state index in [4.69, 9.17) is 4.74 Å². The van der Waals surface area contributed by atoms with E-state index in [1.165, 1.54) is 6.07 Å². The minimum Gasteiger partial charge on any atom is -0.485 e. The van der Waals surface area contributed by atoms with Gasteiger partial charge in [-0.15, -0.1) is 10.2 Å². The summed E-state index contributed by atoms with van der Waals surface area (Å²) < 4.78 is 19.7. The molecule has 1 aliphatic heterocycles. The fraction of sp³-hybridized carbons (Fsp3) is 0.222. The summed E-state index contributed by atoms with van der Waals surface area (Å²) in [6.45, 7) is 3.36. The molecule has 1 amide bonds. The Morgan fingerprint density at radius 2 is 1.82 bits per heavy atom. The van der Waals surface area contributed by atoms with Gasteiger partial charge in [0.1, 0.15) is 17.4 Å². The predicted octanol–water partition coefficient (Wildman–Crippen LogP) is 3.42. The molecule has 38 heavy (non-hydrogen) atoms. The first-order valence-electron chi connectivity index (χ1n) is 12.3. The maximum absolute atomic E-state index is 14.0. The molecule has 2 N–H and O–H groups in total. The molecule has 6 rings (SSSR count). The van der Waals surface area contributed by atoms with Gasteiger partial charge < -0.3 is 14.6 Å². The van der Waals surface area contributed by atoms with Crippen LogP contribution in [-0.4, -0.2) is 72.5 Å². The number of aromatic amines is 2. The number of ether oxygens (including phenoxy) is 1. The van der Waals surface area contributed by atoms with Gasteiger partial charge in [0, 0.05) is 49.4 Å². The van der Waals surface area contributed by atoms with Crippen molar-refractivity contribution in [3.8, 4) is 17.1 Å². The van der Waals surface area contributed by atoms with Crippen LogP contribution in [-0.2, 0) is 13.2 Å². The SMILES string of the molecule is O=C(c1ccc2nc(-c3ccc(OCc4nn[nH]n4)cc3)[nH]c2c1)N1CCN(Cc2ccccc2F)CC1. The number of imidazole rings is 1. The standard InChI is InChI=1S/C27H25FN8O2/c28-22-4-2-1-3-20(22)16-35-11-13-36(14-12-35)27(37)19-7-10-23-24(15-19)30-26(29-23)18-5-8-21(9-6-18)38-17-25-31-33-34-32-25/h1-10,15H,11-14,16-17H2,(H,29,30)(H,31,32,33,34). The number of aromatic nitrogens is 6. The number of rotatable bonds is 7. The van der Waals surface area contributed by atoms with Crippen LogP contribution in [0.3, 0.4) is 0 Å². The molecule has 10 nitrogen and oxygen atoms in total. The second kappa shape index (κ2) is 10.4. The van der Waals surface area contributed by atoms with E-state index in [9.17, 15) is 9.18 Å². The van der Waals surface area contributed by atoms with Gasteiger partial charge in [0.2, 0.25) is 5.82 Å². The minimum absolute atomic E-state index is 0.0169. The fourth-order valence-electron chi connectivity index (χ4n) is 4.54. The first-order valence-corrected chi connectivity index (χ1v) is 12.3. The van der Waals surface area contributed by atoms with Gasteiger partial charge in [-0.3, -0.25) is 9.69 Å². The third kappa shape index (κ3) is 5.09. The van der Waals surface area contributed by atoms with E-state index < -0.39 is 0 Å². The lowest BCUT2D eigenvalue weighted by Gasteiger charge is -2.34. The molecule has 0 spiro atoms. The Morgan fingerprint density at radius 1 is 1.00 bits per heavy atom. The number of nitrogens with zero attached hydrogens (tertiary/aromatic N) is 6. The summed E-state index contributed by atoms with van der Waals surface area (Å²) in [5.41, 5.74) is 3.76. The number of tetrazole rings is 1. The molecular weight excluding hydrogens is 487 g/mol. The lowest BCUT2D eigenvalue weighted by atomic mass is 10.1. The Bertz CT molecular complexity index is 1540. The molecule has 0 atom stereocenters. The molecule has 1 fully saturated rings. The number of hydrogen-bond donors (Lipinski definition) is 2. The van der Waals surface area contributed by atoms with Crippen LogP contribution in [0.5, 0.6) is 5.75 Å². The Morgan fingerprint density at radius 3 is 2.58 bits per heavy atom. The van der Waals surface area contributed by atoms with Gasteiger partial charge in [0.05, 0.1) is 11.0 Å². The van der Waals surface area contributed by atoms with Crippen molar-refractivity contribution in [3.63, 3.8) is 0 Å². The Labute approximate surface area is 217 Å². The zero-order chi connectivity index (χ0) is 25.9. The molecule has 5 aromatic rings. The number of halogens is 1. The van der Waals surface area contributed by atoms with E-state index in [2.05, 4.69) is 35.5 Å². The average Bonchev–Trinajstić information content (AvgIpc) is 3.63. The highest BCUT2D eigenvalue weighted by Crippen LogP contribution is 2.24. The summed E-state index contributed by atoms with van der Waals surface area (Å²) in [7, 11) is 0. The van der Waals surface area contributed by atoms with Crippen LogP contribution in [0, 0.1) is 5.82 Å². The minimum atomic E-state index is -0.192. The van der Waals surface area contributed by atoms with E-state index in [-0.39, 0.29) is 18.3 Å². The summed E-state index contributed by atoms with van der Waals surface area (Å²) >= 11 is 0. The summed E-state index contributed by atoms with van der Waals surface area (Å²) in [6, 6.07) is 19.9. The van der Waals surface area contributed by atoms with Crippen molar-refractivity contribution in [2.75, 3.05) is 26.2 Å². The lowest BCUT2D eigenvalue weighted by Crippen LogP contribution is -2.48. The van der Waals surface area contributed by atoms with E-state index in [1.807, 2.05) is 53.4 Å². The molecule has 3 aromatic carbocycles. The topological polar surface area (TPSA) is 116 Å².